The normalized spacial score (nSPS) is 16.4. The predicted molar refractivity (Wildman–Crippen MR) is 69.5 cm³/mol. The molecule has 1 aliphatic rings. The average Bonchev–Trinajstić information content (AvgIpc) is 2.40. The van der Waals surface area contributed by atoms with Gasteiger partial charge < -0.3 is 4.74 Å². The molecule has 1 aromatic carbocycles. The first kappa shape index (κ1) is 12.4. The van der Waals surface area contributed by atoms with Crippen molar-refractivity contribution in [1.82, 2.24) is 0 Å². The zero-order valence-corrected chi connectivity index (χ0v) is 10.4. The van der Waals surface area contributed by atoms with Crippen molar-refractivity contribution in [2.75, 3.05) is 6.61 Å². The highest BCUT2D eigenvalue weighted by Gasteiger charge is 2.22. The molecule has 0 aliphatic heterocycles. The zero-order valence-electron chi connectivity index (χ0n) is 10.4. The largest absolute Gasteiger partial charge is 0.471 e. The minimum Gasteiger partial charge on any atom is -0.471 e. The number of esters is 1. The van der Waals surface area contributed by atoms with Crippen LogP contribution in [0.1, 0.15) is 30.9 Å². The quantitative estimate of drug-likeness (QED) is 0.452. The molecule has 3 heteroatoms. The van der Waals surface area contributed by atoms with Crippen LogP contribution in [0.15, 0.2) is 30.0 Å². The van der Waals surface area contributed by atoms with Crippen molar-refractivity contribution < 1.29 is 9.53 Å². The monoisotopic (exact) mass is 241 g/mol. The highest BCUT2D eigenvalue weighted by molar-refractivity contribution is 6.00. The Kier molecular flexibility index (Phi) is 3.78. The number of aryl methyl sites for hydroxylation is 1. The van der Waals surface area contributed by atoms with E-state index in [1.807, 2.05) is 18.2 Å². The van der Waals surface area contributed by atoms with E-state index in [1.165, 1.54) is 5.56 Å². The van der Waals surface area contributed by atoms with Gasteiger partial charge in [0.25, 0.3) is 5.70 Å². The van der Waals surface area contributed by atoms with E-state index in [0.29, 0.717) is 6.61 Å². The van der Waals surface area contributed by atoms with Crippen molar-refractivity contribution >= 4 is 11.5 Å². The number of ether oxygens (including phenoxy) is 1. The average molecular weight is 241 g/mol. The number of rotatable bonds is 2. The fourth-order valence-corrected chi connectivity index (χ4v) is 2.30. The van der Waals surface area contributed by atoms with E-state index in [4.69, 9.17) is 11.3 Å². The van der Waals surface area contributed by atoms with Gasteiger partial charge in [0.1, 0.15) is 0 Å². The van der Waals surface area contributed by atoms with E-state index in [9.17, 15) is 4.79 Å². The molecular formula is C15H15NO2. The van der Waals surface area contributed by atoms with Gasteiger partial charge in [0.2, 0.25) is 0 Å². The van der Waals surface area contributed by atoms with Crippen molar-refractivity contribution in [2.45, 2.75) is 26.2 Å². The molecule has 0 bridgehead atoms. The molecule has 0 saturated carbocycles. The summed E-state index contributed by atoms with van der Waals surface area (Å²) >= 11 is 0. The molecule has 0 saturated heterocycles. The smallest absolute Gasteiger partial charge is 0.336 e. The van der Waals surface area contributed by atoms with Crippen molar-refractivity contribution in [3.05, 3.63) is 52.5 Å². The molecular weight excluding hydrogens is 226 g/mol. The SMILES string of the molecule is [C-]#[N+]/C(C(=O)OCC)=C1/CCCc2ccccc21. The Labute approximate surface area is 107 Å². The number of hydrogen-bond donors (Lipinski definition) is 0. The van der Waals surface area contributed by atoms with Crippen molar-refractivity contribution in [2.24, 2.45) is 0 Å². The molecule has 0 heterocycles. The third-order valence-electron chi connectivity index (χ3n) is 3.08. The van der Waals surface area contributed by atoms with E-state index in [0.717, 1.165) is 30.4 Å². The maximum atomic E-state index is 11.8. The number of nitrogens with zero attached hydrogens (tertiary/aromatic N) is 1. The maximum absolute atomic E-state index is 11.8. The topological polar surface area (TPSA) is 30.7 Å². The summed E-state index contributed by atoms with van der Waals surface area (Å²) in [6, 6.07) is 7.97. The van der Waals surface area contributed by atoms with Gasteiger partial charge in [-0.15, -0.1) is 0 Å². The van der Waals surface area contributed by atoms with E-state index in [-0.39, 0.29) is 5.70 Å². The van der Waals surface area contributed by atoms with E-state index in [1.54, 1.807) is 6.92 Å². The first-order chi connectivity index (χ1) is 8.77. The van der Waals surface area contributed by atoms with Gasteiger partial charge in [0.15, 0.2) is 0 Å². The van der Waals surface area contributed by atoms with Crippen LogP contribution in [0.5, 0.6) is 0 Å². The fourth-order valence-electron chi connectivity index (χ4n) is 2.30. The van der Waals surface area contributed by atoms with Crippen LogP contribution in [-0.4, -0.2) is 12.6 Å². The van der Waals surface area contributed by atoms with E-state index >= 15 is 0 Å². The van der Waals surface area contributed by atoms with Crippen LogP contribution < -0.4 is 0 Å². The second-order valence-electron chi connectivity index (χ2n) is 4.17. The minimum absolute atomic E-state index is 0.143. The molecule has 0 N–H and O–H groups in total. The lowest BCUT2D eigenvalue weighted by molar-refractivity contribution is -0.138. The Morgan fingerprint density at radius 1 is 1.39 bits per heavy atom. The first-order valence-electron chi connectivity index (χ1n) is 6.14. The predicted octanol–water partition coefficient (Wildman–Crippen LogP) is 3.22. The van der Waals surface area contributed by atoms with Gasteiger partial charge in [-0.3, -0.25) is 4.79 Å². The summed E-state index contributed by atoms with van der Waals surface area (Å²) in [6.07, 6.45) is 2.76. The molecule has 0 amide bonds. The van der Waals surface area contributed by atoms with Crippen LogP contribution in [0.4, 0.5) is 0 Å². The molecule has 92 valence electrons. The summed E-state index contributed by atoms with van der Waals surface area (Å²) < 4.78 is 4.95. The maximum Gasteiger partial charge on any atom is 0.336 e. The van der Waals surface area contributed by atoms with Gasteiger partial charge in [0, 0.05) is 0 Å². The Hall–Kier alpha value is -2.08. The minimum atomic E-state index is -0.501. The van der Waals surface area contributed by atoms with Crippen molar-refractivity contribution in [3.63, 3.8) is 0 Å². The standard InChI is InChI=1S/C15H15NO2/c1-3-18-15(17)14(16-2)13-10-6-8-11-7-4-5-9-12(11)13/h4-5,7,9H,3,6,8,10H2,1H3/b14-13-. The summed E-state index contributed by atoms with van der Waals surface area (Å²) in [5.74, 6) is -0.501. The highest BCUT2D eigenvalue weighted by atomic mass is 16.5. The molecule has 0 aromatic heterocycles. The number of carbonyl (C=O) groups is 1. The highest BCUT2D eigenvalue weighted by Crippen LogP contribution is 2.33. The number of fused-ring (bicyclic) bond motifs is 1. The summed E-state index contributed by atoms with van der Waals surface area (Å²) in [7, 11) is 0. The molecule has 0 radical (unpaired) electrons. The Morgan fingerprint density at radius 3 is 2.89 bits per heavy atom. The number of allylic oxidation sites excluding steroid dienone is 1. The van der Waals surface area contributed by atoms with Gasteiger partial charge in [-0.25, -0.2) is 4.85 Å². The summed E-state index contributed by atoms with van der Waals surface area (Å²) in [6.45, 7) is 9.26. The summed E-state index contributed by atoms with van der Waals surface area (Å²) in [5.41, 5.74) is 3.22. The molecule has 0 atom stereocenters. The molecule has 2 rings (SSSR count). The van der Waals surface area contributed by atoms with Gasteiger partial charge in [-0.2, -0.15) is 0 Å². The second kappa shape index (κ2) is 5.50. The van der Waals surface area contributed by atoms with Gasteiger partial charge in [-0.05, 0) is 42.9 Å². The molecule has 3 nitrogen and oxygen atoms in total. The Bertz CT molecular complexity index is 538. The van der Waals surface area contributed by atoms with E-state index < -0.39 is 5.97 Å². The summed E-state index contributed by atoms with van der Waals surface area (Å²) in [4.78, 5) is 15.2. The third-order valence-corrected chi connectivity index (χ3v) is 3.08. The first-order valence-corrected chi connectivity index (χ1v) is 6.14. The molecule has 1 aromatic rings. The van der Waals surface area contributed by atoms with Crippen molar-refractivity contribution in [3.8, 4) is 0 Å². The third kappa shape index (κ3) is 2.28. The zero-order chi connectivity index (χ0) is 13.0. The molecule has 0 spiro atoms. The lowest BCUT2D eigenvalue weighted by Crippen LogP contribution is -2.10. The van der Waals surface area contributed by atoms with Crippen LogP contribution in [-0.2, 0) is 16.0 Å². The molecule has 1 aliphatic carbocycles. The van der Waals surface area contributed by atoms with Crippen LogP contribution in [0, 0.1) is 6.57 Å². The van der Waals surface area contributed by atoms with Crippen LogP contribution >= 0.6 is 0 Å². The van der Waals surface area contributed by atoms with Gasteiger partial charge >= 0.3 is 5.97 Å². The summed E-state index contributed by atoms with van der Waals surface area (Å²) in [5, 5.41) is 0. The Balaban J connectivity index is 2.50. The molecule has 0 fully saturated rings. The molecule has 18 heavy (non-hydrogen) atoms. The van der Waals surface area contributed by atoms with Crippen LogP contribution in [0.25, 0.3) is 10.4 Å². The number of benzene rings is 1. The number of hydrogen-bond acceptors (Lipinski definition) is 2. The van der Waals surface area contributed by atoms with Crippen molar-refractivity contribution in [1.29, 1.82) is 0 Å². The Morgan fingerprint density at radius 2 is 2.17 bits per heavy atom. The fraction of sp³-hybridized carbons (Fsp3) is 0.333. The van der Waals surface area contributed by atoms with Gasteiger partial charge in [-0.1, -0.05) is 24.3 Å². The van der Waals surface area contributed by atoms with Crippen LogP contribution in [0.3, 0.4) is 0 Å². The lowest BCUT2D eigenvalue weighted by Gasteiger charge is -2.20. The number of carbonyl (C=O) groups excluding carboxylic acids is 1. The van der Waals surface area contributed by atoms with Crippen LogP contribution in [0.2, 0.25) is 0 Å². The molecule has 0 unspecified atom stereocenters. The lowest BCUT2D eigenvalue weighted by atomic mass is 9.86. The van der Waals surface area contributed by atoms with Gasteiger partial charge in [0.05, 0.1) is 13.2 Å². The second-order valence-corrected chi connectivity index (χ2v) is 4.17. The van der Waals surface area contributed by atoms with E-state index in [2.05, 4.69) is 10.9 Å².